The monoisotopic (exact) mass is 392 g/mol. The van der Waals surface area contributed by atoms with Gasteiger partial charge in [-0.3, -0.25) is 5.32 Å². The van der Waals surface area contributed by atoms with Crippen LogP contribution in [0.5, 0.6) is 11.5 Å². The topological polar surface area (TPSA) is 112 Å². The molecule has 1 aromatic carbocycles. The Morgan fingerprint density at radius 3 is 2.52 bits per heavy atom. The zero-order valence-corrected chi connectivity index (χ0v) is 16.2. The largest absolute Gasteiger partial charge is 0.493 e. The van der Waals surface area contributed by atoms with Gasteiger partial charge in [-0.1, -0.05) is 11.8 Å². The number of amides is 2. The Bertz CT molecular complexity index is 831. The summed E-state index contributed by atoms with van der Waals surface area (Å²) in [5, 5.41) is 5.61. The molecule has 1 heterocycles. The molecular formula is C17H20N4O5S. The van der Waals surface area contributed by atoms with Crippen LogP contribution in [0.1, 0.15) is 17.3 Å². The van der Waals surface area contributed by atoms with Gasteiger partial charge < -0.3 is 19.5 Å². The lowest BCUT2D eigenvalue weighted by Crippen LogP contribution is -2.22. The van der Waals surface area contributed by atoms with Gasteiger partial charge in [0.25, 0.3) is 0 Å². The Morgan fingerprint density at radius 1 is 1.15 bits per heavy atom. The third kappa shape index (κ3) is 5.23. The van der Waals surface area contributed by atoms with Gasteiger partial charge in [0.1, 0.15) is 5.56 Å². The molecule has 2 aromatic rings. The average Bonchev–Trinajstić information content (AvgIpc) is 2.67. The molecule has 1 aromatic heterocycles. The number of nitrogens with zero attached hydrogens (tertiary/aromatic N) is 2. The Kier molecular flexibility index (Phi) is 7.24. The van der Waals surface area contributed by atoms with E-state index in [-0.39, 0.29) is 18.0 Å². The summed E-state index contributed by atoms with van der Waals surface area (Å²) >= 11 is 1.28. The first-order valence-corrected chi connectivity index (χ1v) is 9.13. The lowest BCUT2D eigenvalue weighted by Gasteiger charge is -2.12. The number of methoxy groups -OCH3 is 2. The van der Waals surface area contributed by atoms with Crippen molar-refractivity contribution in [2.75, 3.05) is 37.7 Å². The first kappa shape index (κ1) is 20.3. The van der Waals surface area contributed by atoms with Gasteiger partial charge >= 0.3 is 12.0 Å². The van der Waals surface area contributed by atoms with Crippen molar-refractivity contribution in [1.29, 1.82) is 0 Å². The lowest BCUT2D eigenvalue weighted by molar-refractivity contribution is 0.0526. The summed E-state index contributed by atoms with van der Waals surface area (Å²) in [5.74, 6) is 0.444. The number of aromatic nitrogens is 2. The second-order valence-corrected chi connectivity index (χ2v) is 5.76. The van der Waals surface area contributed by atoms with Crippen molar-refractivity contribution in [3.05, 3.63) is 30.0 Å². The third-order valence-electron chi connectivity index (χ3n) is 3.32. The highest BCUT2D eigenvalue weighted by Gasteiger charge is 2.18. The summed E-state index contributed by atoms with van der Waals surface area (Å²) in [6, 6.07) is 4.34. The maximum atomic E-state index is 12.4. The van der Waals surface area contributed by atoms with Crippen LogP contribution < -0.4 is 20.1 Å². The second-order valence-electron chi connectivity index (χ2n) is 4.99. The number of hydrogen-bond donors (Lipinski definition) is 2. The van der Waals surface area contributed by atoms with Gasteiger partial charge in [-0.25, -0.2) is 19.6 Å². The first-order chi connectivity index (χ1) is 13.0. The third-order valence-corrected chi connectivity index (χ3v) is 3.88. The smallest absolute Gasteiger partial charge is 0.343 e. The van der Waals surface area contributed by atoms with Crippen LogP contribution in [0, 0.1) is 0 Å². The van der Waals surface area contributed by atoms with E-state index in [2.05, 4.69) is 20.6 Å². The fourth-order valence-corrected chi connectivity index (χ4v) is 2.44. The van der Waals surface area contributed by atoms with Crippen molar-refractivity contribution in [2.45, 2.75) is 12.1 Å². The van der Waals surface area contributed by atoms with Crippen LogP contribution in [0.3, 0.4) is 0 Å². The number of thioether (sulfide) groups is 1. The second kappa shape index (κ2) is 9.62. The zero-order chi connectivity index (χ0) is 19.8. The number of esters is 1. The van der Waals surface area contributed by atoms with Crippen molar-refractivity contribution >= 4 is 35.3 Å². The Hall–Kier alpha value is -3.01. The predicted octanol–water partition coefficient (Wildman–Crippen LogP) is 3.04. The van der Waals surface area contributed by atoms with Crippen molar-refractivity contribution in [3.63, 3.8) is 0 Å². The van der Waals surface area contributed by atoms with Gasteiger partial charge in [-0.2, -0.15) is 0 Å². The maximum Gasteiger partial charge on any atom is 0.343 e. The van der Waals surface area contributed by atoms with Crippen LogP contribution in [-0.4, -0.2) is 49.1 Å². The van der Waals surface area contributed by atoms with E-state index in [0.717, 1.165) is 0 Å². The zero-order valence-electron chi connectivity index (χ0n) is 15.4. The molecule has 0 fully saturated rings. The number of rotatable bonds is 7. The van der Waals surface area contributed by atoms with E-state index in [1.807, 2.05) is 0 Å². The maximum absolute atomic E-state index is 12.4. The van der Waals surface area contributed by atoms with Crippen LogP contribution in [0.4, 0.5) is 16.3 Å². The number of ether oxygens (including phenoxy) is 3. The van der Waals surface area contributed by atoms with E-state index in [1.54, 1.807) is 31.4 Å². The molecule has 2 rings (SSSR count). The molecule has 2 N–H and O–H groups in total. The van der Waals surface area contributed by atoms with Crippen LogP contribution in [0.2, 0.25) is 0 Å². The molecule has 0 saturated carbocycles. The molecule has 0 unspecified atom stereocenters. The molecule has 0 aliphatic heterocycles. The first-order valence-electron chi connectivity index (χ1n) is 7.90. The van der Waals surface area contributed by atoms with E-state index < -0.39 is 12.0 Å². The highest BCUT2D eigenvalue weighted by atomic mass is 32.2. The lowest BCUT2D eigenvalue weighted by atomic mass is 10.2. The van der Waals surface area contributed by atoms with E-state index in [0.29, 0.717) is 22.3 Å². The van der Waals surface area contributed by atoms with Gasteiger partial charge in [0.15, 0.2) is 22.5 Å². The predicted molar refractivity (Wildman–Crippen MR) is 102 cm³/mol. The molecule has 10 heteroatoms. The fourth-order valence-electron chi connectivity index (χ4n) is 2.10. The summed E-state index contributed by atoms with van der Waals surface area (Å²) in [6.45, 7) is 1.88. The highest BCUT2D eigenvalue weighted by molar-refractivity contribution is 7.98. The molecular weight excluding hydrogens is 372 g/mol. The number of carbonyl (C=O) groups excluding carboxylic acids is 2. The van der Waals surface area contributed by atoms with Gasteiger partial charge in [0.05, 0.1) is 20.8 Å². The Labute approximate surface area is 160 Å². The fraction of sp³-hybridized carbons (Fsp3) is 0.294. The number of carbonyl (C=O) groups is 2. The molecule has 0 aliphatic rings. The Morgan fingerprint density at radius 2 is 1.89 bits per heavy atom. The van der Waals surface area contributed by atoms with Gasteiger partial charge in [0, 0.05) is 18.0 Å². The quantitative estimate of drug-likeness (QED) is 0.420. The van der Waals surface area contributed by atoms with Crippen molar-refractivity contribution in [2.24, 2.45) is 0 Å². The van der Waals surface area contributed by atoms with Crippen LogP contribution >= 0.6 is 11.8 Å². The van der Waals surface area contributed by atoms with Gasteiger partial charge in [0.2, 0.25) is 0 Å². The van der Waals surface area contributed by atoms with Crippen molar-refractivity contribution in [1.82, 2.24) is 9.97 Å². The normalized spacial score (nSPS) is 10.1. The van der Waals surface area contributed by atoms with Crippen LogP contribution in [0.25, 0.3) is 0 Å². The van der Waals surface area contributed by atoms with E-state index >= 15 is 0 Å². The van der Waals surface area contributed by atoms with Crippen LogP contribution in [0.15, 0.2) is 29.6 Å². The minimum atomic E-state index is -0.619. The molecule has 2 amide bonds. The number of urea groups is 1. The molecule has 27 heavy (non-hydrogen) atoms. The van der Waals surface area contributed by atoms with Crippen LogP contribution in [-0.2, 0) is 4.74 Å². The number of nitrogens with one attached hydrogen (secondary N) is 2. The van der Waals surface area contributed by atoms with E-state index in [1.165, 1.54) is 32.2 Å². The molecule has 0 bridgehead atoms. The number of hydrogen-bond acceptors (Lipinski definition) is 8. The minimum Gasteiger partial charge on any atom is -0.493 e. The number of anilines is 2. The summed E-state index contributed by atoms with van der Waals surface area (Å²) in [7, 11) is 3.02. The minimum absolute atomic E-state index is 0.0609. The molecule has 9 nitrogen and oxygen atoms in total. The van der Waals surface area contributed by atoms with E-state index in [4.69, 9.17) is 14.2 Å². The molecule has 144 valence electrons. The molecule has 0 atom stereocenters. The molecule has 0 spiro atoms. The average molecular weight is 392 g/mol. The molecule has 0 saturated heterocycles. The van der Waals surface area contributed by atoms with E-state index in [9.17, 15) is 9.59 Å². The van der Waals surface area contributed by atoms with Crippen molar-refractivity contribution in [3.8, 4) is 11.5 Å². The number of benzene rings is 1. The summed E-state index contributed by atoms with van der Waals surface area (Å²) in [6.07, 6.45) is 3.11. The summed E-state index contributed by atoms with van der Waals surface area (Å²) in [5.41, 5.74) is 0.541. The molecule has 0 aliphatic carbocycles. The van der Waals surface area contributed by atoms with Gasteiger partial charge in [-0.15, -0.1) is 0 Å². The Balaban J connectivity index is 2.20. The summed E-state index contributed by atoms with van der Waals surface area (Å²) in [4.78, 5) is 32.6. The van der Waals surface area contributed by atoms with Gasteiger partial charge in [-0.05, 0) is 25.3 Å². The SMILES string of the molecule is CCOC(=O)c1cnc(SC)nc1NC(=O)Nc1ccc(OC)c(OC)c1. The summed E-state index contributed by atoms with van der Waals surface area (Å²) < 4.78 is 15.3. The standard InChI is InChI=1S/C17H20N4O5S/c1-5-26-15(22)11-9-18-17(27-4)21-14(11)20-16(23)19-10-6-7-12(24-2)13(8-10)25-3/h6-9H,5H2,1-4H3,(H2,18,19,20,21,23). The van der Waals surface area contributed by atoms with Crippen molar-refractivity contribution < 1.29 is 23.8 Å². The molecule has 0 radical (unpaired) electrons. The highest BCUT2D eigenvalue weighted by Crippen LogP contribution is 2.29.